The highest BCUT2D eigenvalue weighted by molar-refractivity contribution is 8.24. The van der Waals surface area contributed by atoms with E-state index >= 15 is 0 Å². The number of carbonyl (C=O) groups is 4. The number of aliphatic carboxylic acids is 2. The molecule has 97 heavy (non-hydrogen) atoms. The lowest BCUT2D eigenvalue weighted by Crippen LogP contribution is -2.34. The number of hydrogen-bond acceptors (Lipinski definition) is 15. The standard InChI is InChI=1S/C78H65N3O10S6/c1-9-16-49-51-27-23-47(35-60(51)77(3,4)58(49)10-2)81(48-24-28-52-50-19-14-15-20-59(50)78(5,6)61(52)36-48)69-53-25-21-45(73-57-41-88-29-30-89-70(57)62(96-73)37-64(94-8)76(87)80(42-92)40-67(84)85)33-55(53)68(44-17-12-11-13-18-44)56-34-46(22-26-54(56)69)74-72-71(90-31-32-91-72)63(97-74)38-65(95-43-93)75(86)79(7)39-66(82)83/h2,9,11-28,33-38,42-43H,29-32,39-41H2,1,3-8H3,(H,82,83)(H,84,85)/b16-9-,64-37+,65-38+. The number of carboxylic acids is 2. The van der Waals surface area contributed by atoms with Crippen LogP contribution in [0.1, 0.15) is 72.2 Å². The smallest absolute Gasteiger partial charge is 0.323 e. The first-order valence-electron chi connectivity index (χ1n) is 31.3. The van der Waals surface area contributed by atoms with Gasteiger partial charge in [-0.2, -0.15) is 0 Å². The molecule has 0 fully saturated rings. The number of allylic oxidation sites excluding steroid dienone is 4. The number of thioether (sulfide) groups is 2. The second-order valence-electron chi connectivity index (χ2n) is 24.7. The number of carboxylic acid groups (broad SMARTS) is 2. The molecular weight excluding hydrogens is 1330 g/mol. The minimum Gasteiger partial charge on any atom is -0.489 e. The Labute approximate surface area is 589 Å². The molecule has 4 aliphatic rings. The third-order valence-electron chi connectivity index (χ3n) is 18.2. The number of rotatable bonds is 19. The summed E-state index contributed by atoms with van der Waals surface area (Å²) in [5.41, 5.74) is 16.2. The van der Waals surface area contributed by atoms with Crippen LogP contribution < -0.4 is 19.1 Å². The Hall–Kier alpha value is -9.10. The zero-order valence-electron chi connectivity index (χ0n) is 54.1. The van der Waals surface area contributed by atoms with Crippen LogP contribution in [0.3, 0.4) is 0 Å². The number of amides is 2. The van der Waals surface area contributed by atoms with Crippen LogP contribution in [0.5, 0.6) is 17.2 Å². The van der Waals surface area contributed by atoms with Crippen LogP contribution in [0.2, 0.25) is 0 Å². The maximum absolute atomic E-state index is 14.0. The number of carbonyl (C=O) groups excluding carboxylic acids is 2. The van der Waals surface area contributed by atoms with Crippen LogP contribution in [-0.2, 0) is 41.4 Å². The predicted molar refractivity (Wildman–Crippen MR) is 404 cm³/mol. The van der Waals surface area contributed by atoms with Gasteiger partial charge in [-0.3, -0.25) is 24.1 Å². The van der Waals surface area contributed by atoms with Crippen molar-refractivity contribution in [3.05, 3.63) is 193 Å². The largest absolute Gasteiger partial charge is 0.489 e. The van der Waals surface area contributed by atoms with Gasteiger partial charge in [-0.05, 0) is 134 Å². The first-order chi connectivity index (χ1) is 46.8. The number of thiocarbonyl (C=S) groups is 2. The van der Waals surface area contributed by atoms with E-state index in [4.69, 9.17) is 49.8 Å². The molecule has 13 rings (SSSR count). The molecular formula is C78H65N3O10S6. The molecule has 2 amide bonds. The van der Waals surface area contributed by atoms with Gasteiger partial charge in [0.1, 0.15) is 38.7 Å². The van der Waals surface area contributed by atoms with Crippen molar-refractivity contribution in [1.29, 1.82) is 0 Å². The van der Waals surface area contributed by atoms with Crippen molar-refractivity contribution >= 4 is 161 Å². The molecule has 2 aliphatic heterocycles. The molecule has 2 aromatic heterocycles. The van der Waals surface area contributed by atoms with Gasteiger partial charge in [0, 0.05) is 60.7 Å². The SMILES string of the molecule is C#CC1=C(/C=C\C)c2ccc(N(c3ccc4c(c3)C(C)(C)c3ccccc3-4)c3c4ccc(-c5sc(/C=C(/SC)C(=O)N(C=S)CC(=O)O)c6c5COCCO6)cc4c(-c4ccccc4)c4cc(-c5sc(/C=C(/SC=S)C(=O)N(C)CC(=O)O)c6c5OCCO6)ccc34)cc2C1(C)C. The van der Waals surface area contributed by atoms with Crippen molar-refractivity contribution in [3.8, 4) is 72.7 Å². The number of anilines is 3. The van der Waals surface area contributed by atoms with Gasteiger partial charge in [0.2, 0.25) is 0 Å². The monoisotopic (exact) mass is 1400 g/mol. The van der Waals surface area contributed by atoms with Gasteiger partial charge >= 0.3 is 11.9 Å². The lowest BCUT2D eigenvalue weighted by molar-refractivity contribution is -0.142. The molecule has 13 nitrogen and oxygen atoms in total. The van der Waals surface area contributed by atoms with Crippen molar-refractivity contribution < 1.29 is 48.3 Å². The van der Waals surface area contributed by atoms with E-state index < -0.39 is 42.3 Å². The summed E-state index contributed by atoms with van der Waals surface area (Å²) in [7, 11) is 1.44. The van der Waals surface area contributed by atoms with Gasteiger partial charge in [-0.15, -0.1) is 40.9 Å². The summed E-state index contributed by atoms with van der Waals surface area (Å²) in [6.07, 6.45) is 15.8. The Morgan fingerprint density at radius 3 is 1.88 bits per heavy atom. The minimum absolute atomic E-state index is 0.217. The molecule has 0 saturated heterocycles. The zero-order valence-corrected chi connectivity index (χ0v) is 59.0. The maximum Gasteiger partial charge on any atom is 0.323 e. The molecule has 0 saturated carbocycles. The van der Waals surface area contributed by atoms with Gasteiger partial charge in [0.15, 0.2) is 11.5 Å². The minimum atomic E-state index is -1.20. The summed E-state index contributed by atoms with van der Waals surface area (Å²) < 4.78 is 27.2. The topological polar surface area (TPSA) is 155 Å². The predicted octanol–water partition coefficient (Wildman–Crippen LogP) is 18.0. The Kier molecular flexibility index (Phi) is 18.6. The summed E-state index contributed by atoms with van der Waals surface area (Å²) in [6.45, 7) is 11.3. The van der Waals surface area contributed by atoms with Crippen LogP contribution in [0.4, 0.5) is 17.1 Å². The number of thiophene rings is 2. The first-order valence-corrected chi connectivity index (χ1v) is 35.9. The van der Waals surface area contributed by atoms with Gasteiger partial charge in [0.05, 0.1) is 48.8 Å². The zero-order chi connectivity index (χ0) is 68.2. The van der Waals surface area contributed by atoms with Crippen LogP contribution in [0, 0.1) is 12.3 Å². The molecule has 0 bridgehead atoms. The van der Waals surface area contributed by atoms with Crippen LogP contribution in [0.15, 0.2) is 155 Å². The highest BCUT2D eigenvalue weighted by Crippen LogP contribution is 2.58. The molecule has 19 heteroatoms. The Morgan fingerprint density at radius 2 is 1.23 bits per heavy atom. The second kappa shape index (κ2) is 27.1. The van der Waals surface area contributed by atoms with Crippen LogP contribution in [-0.4, -0.2) is 107 Å². The van der Waals surface area contributed by atoms with Crippen molar-refractivity contribution in [3.63, 3.8) is 0 Å². The molecule has 0 radical (unpaired) electrons. The van der Waals surface area contributed by atoms with E-state index in [0.717, 1.165) is 126 Å². The quantitative estimate of drug-likeness (QED) is 0.0341. The molecule has 0 spiro atoms. The van der Waals surface area contributed by atoms with Crippen molar-refractivity contribution in [2.45, 2.75) is 52.1 Å². The summed E-state index contributed by atoms with van der Waals surface area (Å²) in [5.74, 6) is 1.25. The number of benzene rings is 7. The van der Waals surface area contributed by atoms with Gasteiger partial charge in [0.25, 0.3) is 11.8 Å². The molecule has 2 N–H and O–H groups in total. The third-order valence-corrected chi connectivity index (χ3v) is 22.5. The third kappa shape index (κ3) is 12.0. The van der Waals surface area contributed by atoms with E-state index in [2.05, 4.69) is 154 Å². The van der Waals surface area contributed by atoms with Gasteiger partial charge in [-0.1, -0.05) is 173 Å². The van der Waals surface area contributed by atoms with E-state index in [1.165, 1.54) is 68.4 Å². The summed E-state index contributed by atoms with van der Waals surface area (Å²) in [6, 6.07) is 45.7. The van der Waals surface area contributed by atoms with Gasteiger partial charge < -0.3 is 39.0 Å². The summed E-state index contributed by atoms with van der Waals surface area (Å²) >= 11 is 15.5. The Morgan fingerprint density at radius 1 is 0.639 bits per heavy atom. The van der Waals surface area contributed by atoms with Crippen LogP contribution >= 0.6 is 70.6 Å². The lowest BCUT2D eigenvalue weighted by atomic mass is 9.81. The fraction of sp³-hybridized carbons (Fsp3) is 0.205. The molecule has 4 heterocycles. The van der Waals surface area contributed by atoms with E-state index in [1.807, 2.05) is 31.2 Å². The lowest BCUT2D eigenvalue weighted by Gasteiger charge is -2.32. The molecule has 7 aromatic carbocycles. The van der Waals surface area contributed by atoms with Crippen molar-refractivity contribution in [2.75, 3.05) is 57.7 Å². The summed E-state index contributed by atoms with van der Waals surface area (Å²) in [4.78, 5) is 59.7. The fourth-order valence-corrected chi connectivity index (χ4v) is 17.8. The normalized spacial score (nSPS) is 15.0. The Balaban J connectivity index is 1.13. The average molecular weight is 1400 g/mol. The number of terminal acetylenes is 1. The summed E-state index contributed by atoms with van der Waals surface area (Å²) in [5, 5.41) is 23.1. The second-order valence-corrected chi connectivity index (χ2v) is 29.3. The van der Waals surface area contributed by atoms with Crippen molar-refractivity contribution in [1.82, 2.24) is 9.80 Å². The molecule has 9 aromatic rings. The average Bonchev–Trinajstić information content (AvgIpc) is 1.72. The van der Waals surface area contributed by atoms with Crippen LogP contribution in [0.25, 0.3) is 82.4 Å². The van der Waals surface area contributed by atoms with E-state index in [1.54, 1.807) is 18.4 Å². The molecule has 0 unspecified atom stereocenters. The number of nitrogens with zero attached hydrogens (tertiary/aromatic N) is 3. The highest BCUT2D eigenvalue weighted by Gasteiger charge is 2.40. The van der Waals surface area contributed by atoms with Crippen molar-refractivity contribution in [2.24, 2.45) is 0 Å². The van der Waals surface area contributed by atoms with Gasteiger partial charge in [-0.25, -0.2) is 0 Å². The fourth-order valence-electron chi connectivity index (χ4n) is 13.8. The maximum atomic E-state index is 14.0. The number of ether oxygens (including phenoxy) is 4. The Bertz CT molecular complexity index is 4990. The van der Waals surface area contributed by atoms with E-state index in [-0.39, 0.29) is 41.7 Å². The van der Waals surface area contributed by atoms with E-state index in [9.17, 15) is 29.4 Å². The number of hydrogen-bond donors (Lipinski definition) is 2. The molecule has 488 valence electrons. The first kappa shape index (κ1) is 66.5. The number of fused-ring (bicyclic) bond motifs is 8. The highest BCUT2D eigenvalue weighted by atomic mass is 32.2. The molecule has 0 atom stereocenters. The van der Waals surface area contributed by atoms with E-state index in [0.29, 0.717) is 33.6 Å². The number of likely N-dealkylation sites (N-methyl/N-ethyl adjacent to an activating group) is 1. The molecule has 2 aliphatic carbocycles.